The first kappa shape index (κ1) is 20.5. The van der Waals surface area contributed by atoms with Crippen LogP contribution < -0.4 is 15.4 Å². The van der Waals surface area contributed by atoms with Gasteiger partial charge in [-0.1, -0.05) is 0 Å². The molecule has 0 aliphatic carbocycles. The second-order valence-corrected chi connectivity index (χ2v) is 6.77. The van der Waals surface area contributed by atoms with Crippen LogP contribution in [0.4, 0.5) is 10.8 Å². The van der Waals surface area contributed by atoms with Crippen molar-refractivity contribution in [3.63, 3.8) is 0 Å². The van der Waals surface area contributed by atoms with E-state index in [0.29, 0.717) is 46.9 Å². The van der Waals surface area contributed by atoms with Gasteiger partial charge in [-0.15, -0.1) is 11.3 Å². The van der Waals surface area contributed by atoms with Gasteiger partial charge in [0.2, 0.25) is 11.8 Å². The summed E-state index contributed by atoms with van der Waals surface area (Å²) >= 11 is 1.24. The summed E-state index contributed by atoms with van der Waals surface area (Å²) in [5, 5.41) is 7.59. The lowest BCUT2D eigenvalue weighted by Gasteiger charge is -2.10. The molecule has 3 rings (SSSR count). The van der Waals surface area contributed by atoms with Crippen molar-refractivity contribution < 1.29 is 23.5 Å². The van der Waals surface area contributed by atoms with Crippen LogP contribution in [-0.4, -0.2) is 42.1 Å². The van der Waals surface area contributed by atoms with E-state index in [9.17, 15) is 9.59 Å². The molecule has 2 N–H and O–H groups in total. The first-order valence-corrected chi connectivity index (χ1v) is 9.61. The molecule has 3 aromatic rings. The number of amides is 2. The maximum absolute atomic E-state index is 12.4. The quantitative estimate of drug-likeness (QED) is 0.515. The summed E-state index contributed by atoms with van der Waals surface area (Å²) in [6, 6.07) is 4.99. The molecule has 0 radical (unpaired) electrons. The zero-order valence-electron chi connectivity index (χ0n) is 15.9. The minimum atomic E-state index is -0.310. The fourth-order valence-electron chi connectivity index (χ4n) is 2.41. The van der Waals surface area contributed by atoms with Gasteiger partial charge < -0.3 is 19.2 Å². The Hall–Kier alpha value is -3.24. The highest BCUT2D eigenvalue weighted by Crippen LogP contribution is 2.22. The number of aryl methyl sites for hydroxylation is 1. The van der Waals surface area contributed by atoms with Crippen molar-refractivity contribution in [3.05, 3.63) is 53.1 Å². The molecule has 0 aromatic carbocycles. The van der Waals surface area contributed by atoms with Gasteiger partial charge in [0.15, 0.2) is 5.13 Å². The molecular formula is C19H20N4O5S. The normalized spacial score (nSPS) is 10.6. The van der Waals surface area contributed by atoms with Crippen molar-refractivity contribution in [2.24, 2.45) is 0 Å². The fraction of sp³-hybridized carbons (Fsp3) is 0.263. The Labute approximate surface area is 171 Å². The van der Waals surface area contributed by atoms with Crippen molar-refractivity contribution in [3.8, 4) is 5.88 Å². The van der Waals surface area contributed by atoms with E-state index in [1.807, 2.05) is 0 Å². The van der Waals surface area contributed by atoms with E-state index < -0.39 is 0 Å². The summed E-state index contributed by atoms with van der Waals surface area (Å²) in [7, 11) is 1.57. The lowest BCUT2D eigenvalue weighted by molar-refractivity contribution is -0.115. The monoisotopic (exact) mass is 416 g/mol. The Bertz CT molecular complexity index is 984. The van der Waals surface area contributed by atoms with E-state index in [4.69, 9.17) is 13.9 Å². The van der Waals surface area contributed by atoms with Crippen molar-refractivity contribution in [2.45, 2.75) is 13.3 Å². The fourth-order valence-corrected chi connectivity index (χ4v) is 3.12. The number of methoxy groups -OCH3 is 1. The van der Waals surface area contributed by atoms with Crippen LogP contribution in [-0.2, 0) is 16.0 Å². The van der Waals surface area contributed by atoms with Crippen LogP contribution in [0.3, 0.4) is 0 Å². The molecule has 0 aliphatic rings. The maximum Gasteiger partial charge on any atom is 0.260 e. The number of carbonyl (C=O) groups is 2. The lowest BCUT2D eigenvalue weighted by atomic mass is 10.2. The maximum atomic E-state index is 12.4. The highest BCUT2D eigenvalue weighted by molar-refractivity contribution is 7.14. The first-order chi connectivity index (χ1) is 14.1. The molecule has 0 saturated carbocycles. The molecule has 0 unspecified atom stereocenters. The Kier molecular flexibility index (Phi) is 6.93. The summed E-state index contributed by atoms with van der Waals surface area (Å²) in [4.78, 5) is 33.0. The molecule has 9 nitrogen and oxygen atoms in total. The van der Waals surface area contributed by atoms with Crippen molar-refractivity contribution in [1.29, 1.82) is 0 Å². The molecule has 0 atom stereocenters. The molecule has 2 amide bonds. The van der Waals surface area contributed by atoms with E-state index in [2.05, 4.69) is 20.6 Å². The van der Waals surface area contributed by atoms with Crippen LogP contribution in [0.5, 0.6) is 5.88 Å². The van der Waals surface area contributed by atoms with Gasteiger partial charge in [-0.25, -0.2) is 9.97 Å². The molecule has 29 heavy (non-hydrogen) atoms. The van der Waals surface area contributed by atoms with Gasteiger partial charge >= 0.3 is 0 Å². The average molecular weight is 416 g/mol. The van der Waals surface area contributed by atoms with E-state index in [0.717, 1.165) is 0 Å². The number of furan rings is 1. The number of carbonyl (C=O) groups excluding carboxylic acids is 2. The molecule has 152 valence electrons. The van der Waals surface area contributed by atoms with Gasteiger partial charge in [0.25, 0.3) is 5.91 Å². The molecule has 3 aromatic heterocycles. The summed E-state index contributed by atoms with van der Waals surface area (Å²) < 4.78 is 15.6. The van der Waals surface area contributed by atoms with Crippen LogP contribution >= 0.6 is 11.3 Å². The lowest BCUT2D eigenvalue weighted by Crippen LogP contribution is -2.17. The number of anilines is 2. The number of rotatable bonds is 9. The van der Waals surface area contributed by atoms with Crippen LogP contribution in [0.1, 0.15) is 21.8 Å². The highest BCUT2D eigenvalue weighted by Gasteiger charge is 2.15. The minimum absolute atomic E-state index is 0.0452. The Morgan fingerprint density at radius 2 is 2.10 bits per heavy atom. The summed E-state index contributed by atoms with van der Waals surface area (Å²) in [6.07, 6.45) is 3.08. The van der Waals surface area contributed by atoms with E-state index in [1.54, 1.807) is 43.8 Å². The van der Waals surface area contributed by atoms with Gasteiger partial charge in [-0.05, 0) is 25.1 Å². The third-order valence-corrected chi connectivity index (χ3v) is 4.60. The van der Waals surface area contributed by atoms with E-state index in [1.165, 1.54) is 17.6 Å². The number of hydrogen-bond donors (Lipinski definition) is 2. The van der Waals surface area contributed by atoms with Gasteiger partial charge in [-0.3, -0.25) is 14.9 Å². The summed E-state index contributed by atoms with van der Waals surface area (Å²) in [6.45, 7) is 2.44. The van der Waals surface area contributed by atoms with Gasteiger partial charge in [0.05, 0.1) is 30.5 Å². The number of pyridine rings is 1. The Morgan fingerprint density at radius 3 is 2.86 bits per heavy atom. The largest absolute Gasteiger partial charge is 0.474 e. The molecular weight excluding hydrogens is 396 g/mol. The second-order valence-electron chi connectivity index (χ2n) is 5.91. The molecule has 0 saturated heterocycles. The molecule has 3 heterocycles. The number of hydrogen-bond acceptors (Lipinski definition) is 8. The number of nitrogens with one attached hydrogen (secondary N) is 2. The smallest absolute Gasteiger partial charge is 0.260 e. The van der Waals surface area contributed by atoms with Crippen LogP contribution in [0, 0.1) is 6.92 Å². The van der Waals surface area contributed by atoms with Gasteiger partial charge in [-0.2, -0.15) is 0 Å². The molecule has 0 spiro atoms. The number of ether oxygens (including phenoxy) is 2. The molecule has 0 bridgehead atoms. The number of thiazole rings is 1. The molecule has 10 heteroatoms. The van der Waals surface area contributed by atoms with Crippen molar-refractivity contribution >= 4 is 34.0 Å². The standard InChI is InChI=1S/C19H20N4O5S/c1-12-14(5-7-27-12)17(25)23-19-21-13(11-29-19)10-16(24)22-15-4-3-6-20-18(15)28-9-8-26-2/h3-7,11H,8-10H2,1-2H3,(H,22,24)(H,21,23,25). The van der Waals surface area contributed by atoms with Crippen LogP contribution in [0.15, 0.2) is 40.5 Å². The average Bonchev–Trinajstić information content (AvgIpc) is 3.32. The molecule has 0 aliphatic heterocycles. The van der Waals surface area contributed by atoms with Crippen LogP contribution in [0.25, 0.3) is 0 Å². The Morgan fingerprint density at radius 1 is 1.24 bits per heavy atom. The zero-order chi connectivity index (χ0) is 20.6. The van der Waals surface area contributed by atoms with E-state index in [-0.39, 0.29) is 18.2 Å². The van der Waals surface area contributed by atoms with Crippen molar-refractivity contribution in [2.75, 3.05) is 31.0 Å². The van der Waals surface area contributed by atoms with Crippen molar-refractivity contribution in [1.82, 2.24) is 9.97 Å². The SMILES string of the molecule is COCCOc1ncccc1NC(=O)Cc1csc(NC(=O)c2ccoc2C)n1. The van der Waals surface area contributed by atoms with Gasteiger partial charge in [0, 0.05) is 18.7 Å². The zero-order valence-corrected chi connectivity index (χ0v) is 16.7. The van der Waals surface area contributed by atoms with Crippen LogP contribution in [0.2, 0.25) is 0 Å². The molecule has 0 fully saturated rings. The topological polar surface area (TPSA) is 116 Å². The van der Waals surface area contributed by atoms with E-state index >= 15 is 0 Å². The number of aromatic nitrogens is 2. The summed E-state index contributed by atoms with van der Waals surface area (Å²) in [5.41, 5.74) is 1.45. The minimum Gasteiger partial charge on any atom is -0.474 e. The van der Waals surface area contributed by atoms with Gasteiger partial charge in [0.1, 0.15) is 18.1 Å². The third kappa shape index (κ3) is 5.62. The number of nitrogens with zero attached hydrogens (tertiary/aromatic N) is 2. The first-order valence-electron chi connectivity index (χ1n) is 8.73. The second kappa shape index (κ2) is 9.80. The Balaban J connectivity index is 1.57. The highest BCUT2D eigenvalue weighted by atomic mass is 32.1. The predicted molar refractivity (Wildman–Crippen MR) is 107 cm³/mol. The summed E-state index contributed by atoms with van der Waals surface area (Å²) in [5.74, 6) is 0.261. The predicted octanol–water partition coefficient (Wildman–Crippen LogP) is 2.90. The third-order valence-electron chi connectivity index (χ3n) is 3.79.